The first-order chi connectivity index (χ1) is 9.40. The monoisotopic (exact) mass is 362 g/mol. The van der Waals surface area contributed by atoms with Gasteiger partial charge in [-0.1, -0.05) is 0 Å². The number of carboxylic acid groups (broad SMARTS) is 1. The van der Waals surface area contributed by atoms with E-state index in [1.54, 1.807) is 6.26 Å². The summed E-state index contributed by atoms with van der Waals surface area (Å²) in [6.45, 7) is 0.427. The summed E-state index contributed by atoms with van der Waals surface area (Å²) in [5.74, 6) is -0.494. The molecule has 0 heterocycles. The summed E-state index contributed by atoms with van der Waals surface area (Å²) in [6, 6.07) is 3.94. The molecule has 0 aromatic heterocycles. The fraction of sp³-hybridized carbons (Fsp3) is 0.333. The Kier molecular flexibility index (Phi) is 6.66. The van der Waals surface area contributed by atoms with Crippen LogP contribution in [0.25, 0.3) is 0 Å². The van der Waals surface area contributed by atoms with Crippen LogP contribution in [0.2, 0.25) is 0 Å². The van der Waals surface area contributed by atoms with Gasteiger partial charge in [0.1, 0.15) is 0 Å². The normalized spacial score (nSPS) is 11.7. The van der Waals surface area contributed by atoms with E-state index in [0.29, 0.717) is 28.9 Å². The SMILES string of the molecule is CS(=O)CCCNC(=O)Nc1ccc(C(=O)O)cc1Br. The number of carbonyl (C=O) groups excluding carboxylic acids is 1. The van der Waals surface area contributed by atoms with Crippen LogP contribution in [0.5, 0.6) is 0 Å². The molecule has 20 heavy (non-hydrogen) atoms. The van der Waals surface area contributed by atoms with Crippen molar-refractivity contribution in [3.8, 4) is 0 Å². The van der Waals surface area contributed by atoms with Gasteiger partial charge < -0.3 is 15.7 Å². The summed E-state index contributed by atoms with van der Waals surface area (Å²) in [7, 11) is -0.864. The number of amides is 2. The van der Waals surface area contributed by atoms with Crippen LogP contribution in [0.15, 0.2) is 22.7 Å². The second kappa shape index (κ2) is 8.01. The molecule has 0 saturated carbocycles. The Hall–Kier alpha value is -1.41. The highest BCUT2D eigenvalue weighted by Crippen LogP contribution is 2.23. The molecule has 0 radical (unpaired) electrons. The van der Waals surface area contributed by atoms with Gasteiger partial charge in [-0.05, 0) is 40.5 Å². The van der Waals surface area contributed by atoms with E-state index in [0.717, 1.165) is 0 Å². The first kappa shape index (κ1) is 16.6. The molecule has 1 aromatic carbocycles. The predicted octanol–water partition coefficient (Wildman–Crippen LogP) is 2.04. The molecule has 8 heteroatoms. The van der Waals surface area contributed by atoms with E-state index >= 15 is 0 Å². The van der Waals surface area contributed by atoms with Crippen LogP contribution in [0, 0.1) is 0 Å². The van der Waals surface area contributed by atoms with Gasteiger partial charge in [-0.3, -0.25) is 4.21 Å². The molecule has 1 atom stereocenters. The summed E-state index contributed by atoms with van der Waals surface area (Å²) in [5, 5.41) is 14.1. The number of benzene rings is 1. The van der Waals surface area contributed by atoms with Crippen molar-refractivity contribution < 1.29 is 18.9 Å². The average Bonchev–Trinajstić information content (AvgIpc) is 2.36. The van der Waals surface area contributed by atoms with E-state index in [1.807, 2.05) is 0 Å². The fourth-order valence-corrected chi connectivity index (χ4v) is 2.42. The Morgan fingerprint density at radius 2 is 2.10 bits per heavy atom. The van der Waals surface area contributed by atoms with Gasteiger partial charge in [0.25, 0.3) is 0 Å². The minimum atomic E-state index is -1.03. The molecule has 0 saturated heterocycles. The number of nitrogens with one attached hydrogen (secondary N) is 2. The molecule has 1 aromatic rings. The van der Waals surface area contributed by atoms with Gasteiger partial charge in [0, 0.05) is 33.8 Å². The number of urea groups is 1. The van der Waals surface area contributed by atoms with Crippen molar-refractivity contribution >= 4 is 44.4 Å². The molecule has 0 spiro atoms. The minimum Gasteiger partial charge on any atom is -0.478 e. The van der Waals surface area contributed by atoms with Gasteiger partial charge in [-0.15, -0.1) is 0 Å². The van der Waals surface area contributed by atoms with Crippen molar-refractivity contribution in [1.82, 2.24) is 5.32 Å². The maximum Gasteiger partial charge on any atom is 0.335 e. The van der Waals surface area contributed by atoms with Gasteiger partial charge in [-0.25, -0.2) is 9.59 Å². The van der Waals surface area contributed by atoms with Crippen LogP contribution in [0.4, 0.5) is 10.5 Å². The third-order valence-corrected chi connectivity index (χ3v) is 3.88. The third-order valence-electron chi connectivity index (χ3n) is 2.36. The number of carboxylic acids is 1. The Morgan fingerprint density at radius 3 is 2.65 bits per heavy atom. The lowest BCUT2D eigenvalue weighted by Crippen LogP contribution is -2.30. The zero-order chi connectivity index (χ0) is 15.1. The first-order valence-electron chi connectivity index (χ1n) is 5.78. The second-order valence-corrected chi connectivity index (χ2v) is 6.42. The smallest absolute Gasteiger partial charge is 0.335 e. The Labute approximate surface area is 127 Å². The molecule has 0 aliphatic rings. The number of hydrogen-bond acceptors (Lipinski definition) is 3. The second-order valence-electron chi connectivity index (χ2n) is 4.01. The first-order valence-corrected chi connectivity index (χ1v) is 8.30. The van der Waals surface area contributed by atoms with Crippen molar-refractivity contribution in [2.75, 3.05) is 23.9 Å². The van der Waals surface area contributed by atoms with Crippen LogP contribution in [-0.4, -0.2) is 39.9 Å². The molecular weight excluding hydrogens is 348 g/mol. The average molecular weight is 363 g/mol. The molecule has 0 aliphatic carbocycles. The molecule has 0 aliphatic heterocycles. The lowest BCUT2D eigenvalue weighted by atomic mass is 10.2. The lowest BCUT2D eigenvalue weighted by Gasteiger charge is -2.09. The van der Waals surface area contributed by atoms with E-state index in [2.05, 4.69) is 26.6 Å². The Bertz CT molecular complexity index is 536. The quantitative estimate of drug-likeness (QED) is 0.674. The molecule has 0 bridgehead atoms. The number of hydrogen-bond donors (Lipinski definition) is 3. The highest BCUT2D eigenvalue weighted by Gasteiger charge is 2.08. The predicted molar refractivity (Wildman–Crippen MR) is 81.7 cm³/mol. The summed E-state index contributed by atoms with van der Waals surface area (Å²) >= 11 is 3.20. The number of carbonyl (C=O) groups is 2. The van der Waals surface area contributed by atoms with Gasteiger partial charge in [0.05, 0.1) is 11.3 Å². The van der Waals surface area contributed by atoms with Crippen molar-refractivity contribution in [2.24, 2.45) is 0 Å². The van der Waals surface area contributed by atoms with Crippen molar-refractivity contribution in [2.45, 2.75) is 6.42 Å². The number of anilines is 1. The number of aromatic carboxylic acids is 1. The van der Waals surface area contributed by atoms with Crippen LogP contribution in [-0.2, 0) is 10.8 Å². The molecule has 0 fully saturated rings. The molecule has 1 rings (SSSR count). The molecular formula is C12H15BrN2O4S. The summed E-state index contributed by atoms with van der Waals surface area (Å²) < 4.78 is 11.3. The van der Waals surface area contributed by atoms with E-state index in [-0.39, 0.29) is 5.56 Å². The third kappa shape index (κ3) is 5.70. The Morgan fingerprint density at radius 1 is 1.40 bits per heavy atom. The van der Waals surface area contributed by atoms with Gasteiger partial charge >= 0.3 is 12.0 Å². The molecule has 110 valence electrons. The van der Waals surface area contributed by atoms with Crippen LogP contribution in [0.3, 0.4) is 0 Å². The topological polar surface area (TPSA) is 95.5 Å². The molecule has 6 nitrogen and oxygen atoms in total. The van der Waals surface area contributed by atoms with Crippen LogP contribution >= 0.6 is 15.9 Å². The standard InChI is InChI=1S/C12H15BrN2O4S/c1-20(19)6-2-5-14-12(18)15-10-4-3-8(11(16)17)7-9(10)13/h3-4,7H,2,5-6H2,1H3,(H,16,17)(H2,14,15,18). The minimum absolute atomic E-state index is 0.133. The maximum atomic E-state index is 11.6. The molecule has 1 unspecified atom stereocenters. The van der Waals surface area contributed by atoms with E-state index in [9.17, 15) is 13.8 Å². The van der Waals surface area contributed by atoms with Crippen LogP contribution < -0.4 is 10.6 Å². The van der Waals surface area contributed by atoms with Crippen molar-refractivity contribution in [3.63, 3.8) is 0 Å². The maximum absolute atomic E-state index is 11.6. The van der Waals surface area contributed by atoms with E-state index in [1.165, 1.54) is 18.2 Å². The summed E-state index contributed by atoms with van der Waals surface area (Å²) in [4.78, 5) is 22.4. The Balaban J connectivity index is 2.50. The van der Waals surface area contributed by atoms with Crippen molar-refractivity contribution in [1.29, 1.82) is 0 Å². The largest absolute Gasteiger partial charge is 0.478 e. The highest BCUT2D eigenvalue weighted by molar-refractivity contribution is 9.10. The fourth-order valence-electron chi connectivity index (χ4n) is 1.39. The number of rotatable bonds is 6. The lowest BCUT2D eigenvalue weighted by molar-refractivity contribution is 0.0697. The summed E-state index contributed by atoms with van der Waals surface area (Å²) in [5.41, 5.74) is 0.611. The molecule has 3 N–H and O–H groups in total. The van der Waals surface area contributed by atoms with Crippen LogP contribution in [0.1, 0.15) is 16.8 Å². The zero-order valence-corrected chi connectivity index (χ0v) is 13.2. The van der Waals surface area contributed by atoms with E-state index in [4.69, 9.17) is 5.11 Å². The van der Waals surface area contributed by atoms with Crippen molar-refractivity contribution in [3.05, 3.63) is 28.2 Å². The highest BCUT2D eigenvalue weighted by atomic mass is 79.9. The number of halogens is 1. The molecule has 2 amide bonds. The summed E-state index contributed by atoms with van der Waals surface area (Å²) in [6.07, 6.45) is 2.25. The zero-order valence-electron chi connectivity index (χ0n) is 10.8. The van der Waals surface area contributed by atoms with Gasteiger partial charge in [0.2, 0.25) is 0 Å². The van der Waals surface area contributed by atoms with Gasteiger partial charge in [-0.2, -0.15) is 0 Å². The van der Waals surface area contributed by atoms with Gasteiger partial charge in [0.15, 0.2) is 0 Å². The van der Waals surface area contributed by atoms with E-state index < -0.39 is 22.8 Å².